The van der Waals surface area contributed by atoms with Gasteiger partial charge in [-0.25, -0.2) is 0 Å². The average Bonchev–Trinajstić information content (AvgIpc) is 2.65. The van der Waals surface area contributed by atoms with Crippen LogP contribution in [0.3, 0.4) is 0 Å². The van der Waals surface area contributed by atoms with Gasteiger partial charge in [0, 0.05) is 5.56 Å². The number of alkyl halides is 6. The molecule has 0 heterocycles. The molecule has 2 aromatic carbocycles. The number of esters is 1. The van der Waals surface area contributed by atoms with E-state index in [9.17, 15) is 31.1 Å². The topological polar surface area (TPSA) is 35.5 Å². The predicted octanol–water partition coefficient (Wildman–Crippen LogP) is 6.95. The zero-order valence-corrected chi connectivity index (χ0v) is 17.6. The van der Waals surface area contributed by atoms with E-state index in [1.54, 1.807) is 6.92 Å². The van der Waals surface area contributed by atoms with Gasteiger partial charge in [-0.3, -0.25) is 4.79 Å². The molecule has 0 spiro atoms. The van der Waals surface area contributed by atoms with E-state index in [2.05, 4.69) is 0 Å². The van der Waals surface area contributed by atoms with E-state index in [0.29, 0.717) is 18.4 Å². The van der Waals surface area contributed by atoms with Crippen molar-refractivity contribution in [3.05, 3.63) is 52.5 Å². The molecule has 3 rings (SSSR count). The normalized spacial score (nSPS) is 15.8. The van der Waals surface area contributed by atoms with Gasteiger partial charge in [0.1, 0.15) is 5.75 Å². The van der Waals surface area contributed by atoms with Crippen molar-refractivity contribution in [2.45, 2.75) is 44.0 Å². The van der Waals surface area contributed by atoms with Gasteiger partial charge in [0.15, 0.2) is 6.61 Å². The van der Waals surface area contributed by atoms with Crippen molar-refractivity contribution in [2.24, 2.45) is 0 Å². The lowest BCUT2D eigenvalue weighted by atomic mass is 9.64. The van der Waals surface area contributed by atoms with Crippen LogP contribution >= 0.6 is 11.6 Å². The Morgan fingerprint density at radius 3 is 2.16 bits per heavy atom. The van der Waals surface area contributed by atoms with E-state index < -0.39 is 35.9 Å². The van der Waals surface area contributed by atoms with E-state index in [0.717, 1.165) is 30.7 Å². The zero-order valence-electron chi connectivity index (χ0n) is 16.9. The monoisotopic (exact) mass is 480 g/mol. The Kier molecular flexibility index (Phi) is 6.70. The number of ether oxygens (including phenoxy) is 2. The van der Waals surface area contributed by atoms with Crippen LogP contribution in [0.15, 0.2) is 36.4 Å². The van der Waals surface area contributed by atoms with Crippen molar-refractivity contribution < 1.29 is 40.6 Å². The van der Waals surface area contributed by atoms with Gasteiger partial charge < -0.3 is 9.47 Å². The summed E-state index contributed by atoms with van der Waals surface area (Å²) in [4.78, 5) is 12.6. The van der Waals surface area contributed by atoms with Gasteiger partial charge in [-0.05, 0) is 55.2 Å². The Bertz CT molecular complexity index is 979. The predicted molar refractivity (Wildman–Crippen MR) is 106 cm³/mol. The van der Waals surface area contributed by atoms with E-state index >= 15 is 0 Å². The maximum absolute atomic E-state index is 12.9. The summed E-state index contributed by atoms with van der Waals surface area (Å²) < 4.78 is 87.2. The van der Waals surface area contributed by atoms with Gasteiger partial charge in [-0.2, -0.15) is 26.3 Å². The van der Waals surface area contributed by atoms with Gasteiger partial charge in [0.2, 0.25) is 0 Å². The van der Waals surface area contributed by atoms with E-state index in [1.807, 2.05) is 0 Å². The van der Waals surface area contributed by atoms with Crippen molar-refractivity contribution in [1.82, 2.24) is 0 Å². The lowest BCUT2D eigenvalue weighted by molar-refractivity contribution is -0.154. The molecule has 1 saturated carbocycles. The molecule has 1 fully saturated rings. The molecule has 0 aliphatic heterocycles. The Balaban J connectivity index is 2.12. The van der Waals surface area contributed by atoms with Gasteiger partial charge in [-0.1, -0.05) is 30.2 Å². The van der Waals surface area contributed by atoms with Crippen LogP contribution in [-0.2, 0) is 21.1 Å². The third-order valence-corrected chi connectivity index (χ3v) is 5.65. The number of halogens is 7. The van der Waals surface area contributed by atoms with E-state index in [-0.39, 0.29) is 28.5 Å². The second-order valence-corrected chi connectivity index (χ2v) is 7.88. The second kappa shape index (κ2) is 8.84. The molecule has 0 unspecified atom stereocenters. The summed E-state index contributed by atoms with van der Waals surface area (Å²) in [5.41, 5.74) is -1.29. The molecule has 1 aliphatic rings. The van der Waals surface area contributed by atoms with Crippen LogP contribution in [0.2, 0.25) is 5.02 Å². The minimum Gasteiger partial charge on any atom is -0.482 e. The van der Waals surface area contributed by atoms with Crippen molar-refractivity contribution in [3.8, 4) is 16.9 Å². The number of rotatable bonds is 6. The van der Waals surface area contributed by atoms with Crippen molar-refractivity contribution in [1.29, 1.82) is 0 Å². The van der Waals surface area contributed by atoms with Crippen LogP contribution in [0, 0.1) is 0 Å². The Morgan fingerprint density at radius 2 is 1.69 bits per heavy atom. The maximum Gasteiger partial charge on any atom is 0.422 e. The molecule has 0 amide bonds. The highest BCUT2D eigenvalue weighted by molar-refractivity contribution is 6.32. The SMILES string of the molecule is CCOC(=O)C1(c2cc(Cl)c(OCC(F)(F)F)c(-c3ccc(C(F)(F)F)cc3)c2)CCC1. The molecule has 0 aromatic heterocycles. The molecule has 0 N–H and O–H groups in total. The summed E-state index contributed by atoms with van der Waals surface area (Å²) >= 11 is 6.26. The Labute approximate surface area is 185 Å². The summed E-state index contributed by atoms with van der Waals surface area (Å²) in [6.07, 6.45) is -7.58. The molecule has 2 aromatic rings. The minimum atomic E-state index is -4.65. The van der Waals surface area contributed by atoms with Crippen molar-refractivity contribution >= 4 is 17.6 Å². The molecule has 0 atom stereocenters. The quantitative estimate of drug-likeness (QED) is 0.331. The first-order valence-electron chi connectivity index (χ1n) is 9.76. The molecular formula is C22H19ClF6O3. The van der Waals surface area contributed by atoms with Crippen molar-refractivity contribution in [3.63, 3.8) is 0 Å². The first-order valence-corrected chi connectivity index (χ1v) is 10.1. The van der Waals surface area contributed by atoms with Gasteiger partial charge in [0.25, 0.3) is 0 Å². The minimum absolute atomic E-state index is 0.0565. The Morgan fingerprint density at radius 1 is 1.06 bits per heavy atom. The van der Waals surface area contributed by atoms with Crippen LogP contribution < -0.4 is 4.74 Å². The standard InChI is InChI=1S/C22H19ClF6O3/c1-2-31-19(30)20(8-3-9-20)15-10-16(13-4-6-14(7-5-13)22(27,28)29)18(17(23)11-15)32-12-21(24,25)26/h4-7,10-11H,2-3,8-9,12H2,1H3. The van der Waals surface area contributed by atoms with Crippen LogP contribution in [0.5, 0.6) is 5.75 Å². The summed E-state index contributed by atoms with van der Waals surface area (Å²) in [5.74, 6) is -0.810. The smallest absolute Gasteiger partial charge is 0.422 e. The molecule has 174 valence electrons. The van der Waals surface area contributed by atoms with Crippen LogP contribution in [0.1, 0.15) is 37.3 Å². The van der Waals surface area contributed by atoms with Gasteiger partial charge in [0.05, 0.1) is 22.6 Å². The molecule has 0 radical (unpaired) electrons. The van der Waals surface area contributed by atoms with Gasteiger partial charge >= 0.3 is 18.3 Å². The number of carbonyl (C=O) groups excluding carboxylic acids is 1. The second-order valence-electron chi connectivity index (χ2n) is 7.47. The van der Waals surface area contributed by atoms with Crippen molar-refractivity contribution in [2.75, 3.05) is 13.2 Å². The lowest BCUT2D eigenvalue weighted by Gasteiger charge is -2.40. The number of hydrogen-bond acceptors (Lipinski definition) is 3. The largest absolute Gasteiger partial charge is 0.482 e. The molecule has 1 aliphatic carbocycles. The van der Waals surface area contributed by atoms with E-state index in [1.165, 1.54) is 12.1 Å². The molecule has 32 heavy (non-hydrogen) atoms. The highest BCUT2D eigenvalue weighted by Gasteiger charge is 2.47. The molecule has 10 heteroatoms. The number of carbonyl (C=O) groups is 1. The zero-order chi connectivity index (χ0) is 23.7. The highest BCUT2D eigenvalue weighted by atomic mass is 35.5. The molecule has 0 saturated heterocycles. The lowest BCUT2D eigenvalue weighted by Crippen LogP contribution is -2.43. The molecular weight excluding hydrogens is 462 g/mol. The van der Waals surface area contributed by atoms with Crippen LogP contribution in [-0.4, -0.2) is 25.4 Å². The summed E-state index contributed by atoms with van der Waals surface area (Å²) in [6, 6.07) is 6.67. The first-order chi connectivity index (χ1) is 14.9. The summed E-state index contributed by atoms with van der Waals surface area (Å²) in [5, 5.41) is -0.183. The fourth-order valence-electron chi connectivity index (χ4n) is 3.63. The number of benzene rings is 2. The summed E-state index contributed by atoms with van der Waals surface area (Å²) in [7, 11) is 0. The fraction of sp³-hybridized carbons (Fsp3) is 0.409. The number of hydrogen-bond donors (Lipinski definition) is 0. The summed E-state index contributed by atoms with van der Waals surface area (Å²) in [6.45, 7) is 0.161. The maximum atomic E-state index is 12.9. The average molecular weight is 481 g/mol. The van der Waals surface area contributed by atoms with Crippen LogP contribution in [0.25, 0.3) is 11.1 Å². The third kappa shape index (κ3) is 4.98. The molecule has 3 nitrogen and oxygen atoms in total. The van der Waals surface area contributed by atoms with Crippen LogP contribution in [0.4, 0.5) is 26.3 Å². The first kappa shape index (κ1) is 24.2. The highest BCUT2D eigenvalue weighted by Crippen LogP contribution is 2.49. The molecule has 0 bridgehead atoms. The fourth-order valence-corrected chi connectivity index (χ4v) is 3.91. The van der Waals surface area contributed by atoms with E-state index in [4.69, 9.17) is 21.1 Å². The van der Waals surface area contributed by atoms with Gasteiger partial charge in [-0.15, -0.1) is 0 Å². The Hall–Kier alpha value is -2.42. The third-order valence-electron chi connectivity index (χ3n) is 5.37.